The van der Waals surface area contributed by atoms with Gasteiger partial charge in [0.1, 0.15) is 6.04 Å². The zero-order valence-electron chi connectivity index (χ0n) is 11.9. The highest BCUT2D eigenvalue weighted by atomic mass is 16.5. The molecule has 19 heavy (non-hydrogen) atoms. The lowest BCUT2D eigenvalue weighted by Gasteiger charge is -2.40. The zero-order chi connectivity index (χ0) is 14.5. The van der Waals surface area contributed by atoms with Gasteiger partial charge in [0.2, 0.25) is 0 Å². The first kappa shape index (κ1) is 15.8. The number of amides is 2. The van der Waals surface area contributed by atoms with Crippen LogP contribution in [0.5, 0.6) is 0 Å². The molecule has 1 saturated heterocycles. The summed E-state index contributed by atoms with van der Waals surface area (Å²) in [5.74, 6) is -1.04. The van der Waals surface area contributed by atoms with Gasteiger partial charge in [-0.05, 0) is 32.6 Å². The van der Waals surface area contributed by atoms with E-state index >= 15 is 0 Å². The minimum absolute atomic E-state index is 0.0367. The Balaban J connectivity index is 2.48. The average Bonchev–Trinajstić information content (AvgIpc) is 2.38. The molecule has 6 heteroatoms. The van der Waals surface area contributed by atoms with Crippen molar-refractivity contribution in [2.75, 3.05) is 6.61 Å². The molecule has 2 atom stereocenters. The monoisotopic (exact) mass is 272 g/mol. The first-order chi connectivity index (χ1) is 8.92. The smallest absolute Gasteiger partial charge is 0.325 e. The lowest BCUT2D eigenvalue weighted by atomic mass is 9.86. The third-order valence-corrected chi connectivity index (χ3v) is 3.83. The minimum atomic E-state index is -1.04. The van der Waals surface area contributed by atoms with Crippen LogP contribution in [-0.4, -0.2) is 41.4 Å². The fourth-order valence-corrected chi connectivity index (χ4v) is 2.38. The van der Waals surface area contributed by atoms with Crippen molar-refractivity contribution in [3.05, 3.63) is 0 Å². The van der Waals surface area contributed by atoms with Crippen LogP contribution in [-0.2, 0) is 9.53 Å². The van der Waals surface area contributed by atoms with Gasteiger partial charge in [0.25, 0.3) is 0 Å². The maximum absolute atomic E-state index is 11.7. The SMILES string of the molecule is CCC1(CC)CC(NC(=O)N[C@@H](C)C(=O)O)CCO1. The molecule has 110 valence electrons. The summed E-state index contributed by atoms with van der Waals surface area (Å²) in [7, 11) is 0. The van der Waals surface area contributed by atoms with Crippen molar-refractivity contribution in [1.82, 2.24) is 10.6 Å². The second-order valence-corrected chi connectivity index (χ2v) is 5.11. The molecule has 1 rings (SSSR count). The van der Waals surface area contributed by atoms with E-state index in [9.17, 15) is 9.59 Å². The normalized spacial score (nSPS) is 23.4. The van der Waals surface area contributed by atoms with Crippen LogP contribution in [0.15, 0.2) is 0 Å². The topological polar surface area (TPSA) is 87.7 Å². The van der Waals surface area contributed by atoms with Gasteiger partial charge in [-0.15, -0.1) is 0 Å². The van der Waals surface area contributed by atoms with E-state index in [4.69, 9.17) is 9.84 Å². The lowest BCUT2D eigenvalue weighted by Crippen LogP contribution is -2.52. The summed E-state index contributed by atoms with van der Waals surface area (Å²) in [6.07, 6.45) is 3.36. The van der Waals surface area contributed by atoms with Crippen molar-refractivity contribution >= 4 is 12.0 Å². The van der Waals surface area contributed by atoms with Gasteiger partial charge in [0, 0.05) is 12.6 Å². The molecule has 0 spiro atoms. The summed E-state index contributed by atoms with van der Waals surface area (Å²) in [4.78, 5) is 22.3. The molecule has 0 aromatic rings. The number of nitrogens with one attached hydrogen (secondary N) is 2. The van der Waals surface area contributed by atoms with Crippen molar-refractivity contribution in [2.24, 2.45) is 0 Å². The number of ether oxygens (including phenoxy) is 1. The maximum Gasteiger partial charge on any atom is 0.325 e. The molecule has 1 heterocycles. The molecule has 0 bridgehead atoms. The van der Waals surface area contributed by atoms with Gasteiger partial charge in [0.05, 0.1) is 5.60 Å². The van der Waals surface area contributed by atoms with Crippen molar-refractivity contribution in [1.29, 1.82) is 0 Å². The Hall–Kier alpha value is -1.30. The third-order valence-electron chi connectivity index (χ3n) is 3.83. The number of carboxylic acids is 1. The van der Waals surface area contributed by atoms with Gasteiger partial charge in [-0.2, -0.15) is 0 Å². The summed E-state index contributed by atoms with van der Waals surface area (Å²) < 4.78 is 5.83. The second-order valence-electron chi connectivity index (χ2n) is 5.11. The number of hydrogen-bond acceptors (Lipinski definition) is 3. The molecule has 1 aliphatic heterocycles. The van der Waals surface area contributed by atoms with E-state index in [1.807, 2.05) is 0 Å². The van der Waals surface area contributed by atoms with Crippen LogP contribution in [0.4, 0.5) is 4.79 Å². The largest absolute Gasteiger partial charge is 0.480 e. The van der Waals surface area contributed by atoms with E-state index in [-0.39, 0.29) is 11.6 Å². The summed E-state index contributed by atoms with van der Waals surface area (Å²) in [6, 6.07) is -1.28. The van der Waals surface area contributed by atoms with Gasteiger partial charge < -0.3 is 20.5 Å². The van der Waals surface area contributed by atoms with Crippen molar-refractivity contribution in [2.45, 2.75) is 64.1 Å². The van der Waals surface area contributed by atoms with Crippen molar-refractivity contribution in [3.63, 3.8) is 0 Å². The molecule has 0 aromatic heterocycles. The number of hydrogen-bond donors (Lipinski definition) is 3. The number of carbonyl (C=O) groups is 2. The standard InChI is InChI=1S/C13H24N2O4/c1-4-13(5-2)8-10(6-7-19-13)15-12(18)14-9(3)11(16)17/h9-10H,4-8H2,1-3H3,(H,16,17)(H2,14,15,18)/t9-,10?/m0/s1. The van der Waals surface area contributed by atoms with E-state index in [0.29, 0.717) is 6.61 Å². The van der Waals surface area contributed by atoms with Crippen LogP contribution in [0.2, 0.25) is 0 Å². The predicted molar refractivity (Wildman–Crippen MR) is 71.1 cm³/mol. The van der Waals surface area contributed by atoms with Crippen molar-refractivity contribution in [3.8, 4) is 0 Å². The summed E-state index contributed by atoms with van der Waals surface area (Å²) >= 11 is 0. The molecule has 0 aromatic carbocycles. The molecule has 6 nitrogen and oxygen atoms in total. The molecule has 1 aliphatic rings. The molecule has 2 amide bonds. The van der Waals surface area contributed by atoms with E-state index in [1.165, 1.54) is 6.92 Å². The molecule has 0 saturated carbocycles. The fraction of sp³-hybridized carbons (Fsp3) is 0.846. The van der Waals surface area contributed by atoms with E-state index in [0.717, 1.165) is 25.7 Å². The second kappa shape index (κ2) is 6.75. The summed E-state index contributed by atoms with van der Waals surface area (Å²) in [6.45, 7) is 6.23. The first-order valence-electron chi connectivity index (χ1n) is 6.86. The highest BCUT2D eigenvalue weighted by molar-refractivity contribution is 5.82. The van der Waals surface area contributed by atoms with Crippen LogP contribution < -0.4 is 10.6 Å². The van der Waals surface area contributed by atoms with Gasteiger partial charge in [-0.3, -0.25) is 4.79 Å². The summed E-state index contributed by atoms with van der Waals surface area (Å²) in [5.41, 5.74) is -0.158. The van der Waals surface area contributed by atoms with Gasteiger partial charge in [-0.25, -0.2) is 4.79 Å². The summed E-state index contributed by atoms with van der Waals surface area (Å²) in [5, 5.41) is 14.0. The third kappa shape index (κ3) is 4.38. The molecule has 0 aliphatic carbocycles. The van der Waals surface area contributed by atoms with Gasteiger partial charge in [0.15, 0.2) is 0 Å². The Bertz CT molecular complexity index is 329. The average molecular weight is 272 g/mol. The van der Waals surface area contributed by atoms with Crippen LogP contribution >= 0.6 is 0 Å². The lowest BCUT2D eigenvalue weighted by molar-refractivity contribution is -0.138. The Kier molecular flexibility index (Phi) is 5.60. The van der Waals surface area contributed by atoms with Crippen LogP contribution in [0.25, 0.3) is 0 Å². The number of aliphatic carboxylic acids is 1. The minimum Gasteiger partial charge on any atom is -0.480 e. The molecular weight excluding hydrogens is 248 g/mol. The number of carboxylic acid groups (broad SMARTS) is 1. The molecular formula is C13H24N2O4. The highest BCUT2D eigenvalue weighted by Gasteiger charge is 2.35. The molecule has 1 fully saturated rings. The van der Waals surface area contributed by atoms with E-state index < -0.39 is 18.0 Å². The van der Waals surface area contributed by atoms with Crippen LogP contribution in [0.3, 0.4) is 0 Å². The Morgan fingerprint density at radius 3 is 2.58 bits per heavy atom. The number of carbonyl (C=O) groups excluding carboxylic acids is 1. The quantitative estimate of drug-likeness (QED) is 0.707. The van der Waals surface area contributed by atoms with Crippen molar-refractivity contribution < 1.29 is 19.4 Å². The Morgan fingerprint density at radius 1 is 1.42 bits per heavy atom. The number of rotatable bonds is 5. The number of urea groups is 1. The fourth-order valence-electron chi connectivity index (χ4n) is 2.38. The van der Waals surface area contributed by atoms with Crippen LogP contribution in [0, 0.1) is 0 Å². The molecule has 3 N–H and O–H groups in total. The predicted octanol–water partition coefficient (Wildman–Crippen LogP) is 1.50. The Morgan fingerprint density at radius 2 is 2.05 bits per heavy atom. The van der Waals surface area contributed by atoms with Crippen LogP contribution in [0.1, 0.15) is 46.5 Å². The molecule has 1 unspecified atom stereocenters. The van der Waals surface area contributed by atoms with E-state index in [1.54, 1.807) is 0 Å². The van der Waals surface area contributed by atoms with Gasteiger partial charge >= 0.3 is 12.0 Å². The zero-order valence-corrected chi connectivity index (χ0v) is 11.9. The van der Waals surface area contributed by atoms with Gasteiger partial charge in [-0.1, -0.05) is 13.8 Å². The van der Waals surface area contributed by atoms with E-state index in [2.05, 4.69) is 24.5 Å². The highest BCUT2D eigenvalue weighted by Crippen LogP contribution is 2.31. The first-order valence-corrected chi connectivity index (χ1v) is 6.86. The molecule has 0 radical (unpaired) electrons. The maximum atomic E-state index is 11.7. The Labute approximate surface area is 113 Å².